The van der Waals surface area contributed by atoms with Crippen LogP contribution in [0.3, 0.4) is 0 Å². The van der Waals surface area contributed by atoms with Crippen LogP contribution in [-0.2, 0) is 0 Å². The number of pyridine rings is 1. The predicted molar refractivity (Wildman–Crippen MR) is 78.9 cm³/mol. The number of nitrogens with zero attached hydrogens (tertiary/aromatic N) is 1. The summed E-state index contributed by atoms with van der Waals surface area (Å²) in [5.74, 6) is 0.431. The molecule has 0 aliphatic carbocycles. The Morgan fingerprint density at radius 1 is 1.20 bits per heavy atom. The molecule has 1 aromatic carbocycles. The SMILES string of the molecule is Cc1ccc(NC(=O)c2ccc(NCCO)nc2)cc1. The van der Waals surface area contributed by atoms with Crippen LogP contribution in [-0.4, -0.2) is 29.1 Å². The van der Waals surface area contributed by atoms with Crippen LogP contribution in [0.4, 0.5) is 11.5 Å². The molecule has 5 heteroatoms. The number of aromatic nitrogens is 1. The number of nitrogens with one attached hydrogen (secondary N) is 2. The van der Waals surface area contributed by atoms with Crippen LogP contribution in [0.25, 0.3) is 0 Å². The molecule has 0 saturated carbocycles. The molecule has 2 rings (SSSR count). The molecule has 0 saturated heterocycles. The lowest BCUT2D eigenvalue weighted by atomic mass is 10.2. The number of carbonyl (C=O) groups excluding carboxylic acids is 1. The van der Waals surface area contributed by atoms with Gasteiger partial charge < -0.3 is 15.7 Å². The highest BCUT2D eigenvalue weighted by molar-refractivity contribution is 6.04. The van der Waals surface area contributed by atoms with E-state index in [1.807, 2.05) is 31.2 Å². The number of aliphatic hydroxyl groups is 1. The largest absolute Gasteiger partial charge is 0.395 e. The quantitative estimate of drug-likeness (QED) is 0.778. The number of anilines is 2. The number of rotatable bonds is 5. The molecule has 5 nitrogen and oxygen atoms in total. The summed E-state index contributed by atoms with van der Waals surface area (Å²) in [7, 11) is 0. The summed E-state index contributed by atoms with van der Waals surface area (Å²) in [6.07, 6.45) is 1.50. The molecule has 0 aliphatic heterocycles. The number of benzene rings is 1. The highest BCUT2D eigenvalue weighted by atomic mass is 16.3. The van der Waals surface area contributed by atoms with Gasteiger partial charge >= 0.3 is 0 Å². The second kappa shape index (κ2) is 6.68. The molecule has 1 heterocycles. The van der Waals surface area contributed by atoms with Crippen molar-refractivity contribution in [3.8, 4) is 0 Å². The Morgan fingerprint density at radius 2 is 1.95 bits per heavy atom. The maximum Gasteiger partial charge on any atom is 0.257 e. The summed E-state index contributed by atoms with van der Waals surface area (Å²) in [4.78, 5) is 16.1. The third-order valence-corrected chi connectivity index (χ3v) is 2.75. The lowest BCUT2D eigenvalue weighted by molar-refractivity contribution is 0.102. The average Bonchev–Trinajstić information content (AvgIpc) is 2.48. The number of amides is 1. The maximum absolute atomic E-state index is 12.0. The van der Waals surface area contributed by atoms with Crippen molar-refractivity contribution in [2.24, 2.45) is 0 Å². The Labute approximate surface area is 117 Å². The molecular formula is C15H17N3O2. The molecule has 0 atom stereocenters. The topological polar surface area (TPSA) is 74.2 Å². The number of carbonyl (C=O) groups is 1. The molecule has 1 amide bonds. The van der Waals surface area contributed by atoms with E-state index in [-0.39, 0.29) is 12.5 Å². The molecule has 0 radical (unpaired) electrons. The van der Waals surface area contributed by atoms with E-state index in [0.717, 1.165) is 11.3 Å². The Balaban J connectivity index is 2.00. The maximum atomic E-state index is 12.0. The van der Waals surface area contributed by atoms with Gasteiger partial charge in [-0.1, -0.05) is 17.7 Å². The molecule has 1 aromatic heterocycles. The van der Waals surface area contributed by atoms with Crippen molar-refractivity contribution < 1.29 is 9.90 Å². The minimum absolute atomic E-state index is 0.0390. The summed E-state index contributed by atoms with van der Waals surface area (Å²) >= 11 is 0. The van der Waals surface area contributed by atoms with Gasteiger partial charge in [0.25, 0.3) is 5.91 Å². The third kappa shape index (κ3) is 3.80. The summed E-state index contributed by atoms with van der Waals surface area (Å²) in [5, 5.41) is 14.4. The van der Waals surface area contributed by atoms with Crippen LogP contribution in [0, 0.1) is 6.92 Å². The molecule has 0 aliphatic rings. The zero-order chi connectivity index (χ0) is 14.4. The van der Waals surface area contributed by atoms with Gasteiger partial charge in [-0.3, -0.25) is 4.79 Å². The second-order valence-electron chi connectivity index (χ2n) is 4.40. The van der Waals surface area contributed by atoms with Crippen LogP contribution in [0.2, 0.25) is 0 Å². The molecule has 3 N–H and O–H groups in total. The zero-order valence-corrected chi connectivity index (χ0v) is 11.3. The molecule has 104 valence electrons. The molecular weight excluding hydrogens is 254 g/mol. The van der Waals surface area contributed by atoms with Gasteiger partial charge in [0, 0.05) is 18.4 Å². The standard InChI is InChI=1S/C15H17N3O2/c1-11-2-5-13(6-3-11)18-15(20)12-4-7-14(17-10-12)16-8-9-19/h2-7,10,19H,8-9H2,1H3,(H,16,17)(H,18,20). The zero-order valence-electron chi connectivity index (χ0n) is 11.3. The Bertz CT molecular complexity index is 565. The van der Waals surface area contributed by atoms with Gasteiger partial charge in [-0.05, 0) is 31.2 Å². The van der Waals surface area contributed by atoms with E-state index in [1.165, 1.54) is 6.20 Å². The van der Waals surface area contributed by atoms with Crippen LogP contribution in [0.15, 0.2) is 42.6 Å². The van der Waals surface area contributed by atoms with Crippen molar-refractivity contribution >= 4 is 17.4 Å². The first-order valence-electron chi connectivity index (χ1n) is 6.38. The van der Waals surface area contributed by atoms with Crippen LogP contribution < -0.4 is 10.6 Å². The molecule has 2 aromatic rings. The first-order chi connectivity index (χ1) is 9.69. The smallest absolute Gasteiger partial charge is 0.257 e. The van der Waals surface area contributed by atoms with Crippen LogP contribution in [0.5, 0.6) is 0 Å². The molecule has 0 spiro atoms. The number of hydrogen-bond acceptors (Lipinski definition) is 4. The van der Waals surface area contributed by atoms with Crippen molar-refractivity contribution in [2.45, 2.75) is 6.92 Å². The lowest BCUT2D eigenvalue weighted by Gasteiger charge is -2.07. The summed E-state index contributed by atoms with van der Waals surface area (Å²) in [6, 6.07) is 11.0. The molecule has 0 unspecified atom stereocenters. The minimum atomic E-state index is -0.199. The Kier molecular flexibility index (Phi) is 4.68. The van der Waals surface area contributed by atoms with Crippen molar-refractivity contribution in [2.75, 3.05) is 23.8 Å². The first kappa shape index (κ1) is 14.0. The van der Waals surface area contributed by atoms with E-state index in [2.05, 4.69) is 15.6 Å². The first-order valence-corrected chi connectivity index (χ1v) is 6.38. The van der Waals surface area contributed by atoms with Gasteiger partial charge in [0.1, 0.15) is 5.82 Å². The van der Waals surface area contributed by atoms with E-state index in [4.69, 9.17) is 5.11 Å². The fourth-order valence-electron chi connectivity index (χ4n) is 1.66. The van der Waals surface area contributed by atoms with E-state index in [0.29, 0.717) is 17.9 Å². The van der Waals surface area contributed by atoms with Gasteiger partial charge in [0.05, 0.1) is 12.2 Å². The van der Waals surface area contributed by atoms with Gasteiger partial charge in [-0.25, -0.2) is 4.98 Å². The van der Waals surface area contributed by atoms with E-state index in [1.54, 1.807) is 12.1 Å². The van der Waals surface area contributed by atoms with Gasteiger partial charge in [0.15, 0.2) is 0 Å². The fraction of sp³-hybridized carbons (Fsp3) is 0.200. The number of aryl methyl sites for hydroxylation is 1. The Morgan fingerprint density at radius 3 is 2.55 bits per heavy atom. The summed E-state index contributed by atoms with van der Waals surface area (Å²) < 4.78 is 0. The highest BCUT2D eigenvalue weighted by Gasteiger charge is 2.06. The monoisotopic (exact) mass is 271 g/mol. The molecule has 0 fully saturated rings. The molecule has 20 heavy (non-hydrogen) atoms. The van der Waals surface area contributed by atoms with E-state index in [9.17, 15) is 4.79 Å². The van der Waals surface area contributed by atoms with Crippen molar-refractivity contribution in [3.05, 3.63) is 53.7 Å². The summed E-state index contributed by atoms with van der Waals surface area (Å²) in [6.45, 7) is 2.47. The normalized spacial score (nSPS) is 10.1. The molecule has 0 bridgehead atoms. The second-order valence-corrected chi connectivity index (χ2v) is 4.40. The average molecular weight is 271 g/mol. The lowest BCUT2D eigenvalue weighted by Crippen LogP contribution is -2.13. The number of hydrogen-bond donors (Lipinski definition) is 3. The van der Waals surface area contributed by atoms with Gasteiger partial charge in [-0.15, -0.1) is 0 Å². The summed E-state index contributed by atoms with van der Waals surface area (Å²) in [5.41, 5.74) is 2.38. The third-order valence-electron chi connectivity index (χ3n) is 2.75. The van der Waals surface area contributed by atoms with Crippen molar-refractivity contribution in [3.63, 3.8) is 0 Å². The van der Waals surface area contributed by atoms with Crippen molar-refractivity contribution in [1.82, 2.24) is 4.98 Å². The van der Waals surface area contributed by atoms with Gasteiger partial charge in [-0.2, -0.15) is 0 Å². The highest BCUT2D eigenvalue weighted by Crippen LogP contribution is 2.11. The number of aliphatic hydroxyl groups excluding tert-OH is 1. The van der Waals surface area contributed by atoms with Gasteiger partial charge in [0.2, 0.25) is 0 Å². The predicted octanol–water partition coefficient (Wildman–Crippen LogP) is 2.05. The van der Waals surface area contributed by atoms with Crippen LogP contribution >= 0.6 is 0 Å². The Hall–Kier alpha value is -2.40. The van der Waals surface area contributed by atoms with Crippen LogP contribution in [0.1, 0.15) is 15.9 Å². The fourth-order valence-corrected chi connectivity index (χ4v) is 1.66. The minimum Gasteiger partial charge on any atom is -0.395 e. The van der Waals surface area contributed by atoms with E-state index < -0.39 is 0 Å². The van der Waals surface area contributed by atoms with Crippen molar-refractivity contribution in [1.29, 1.82) is 0 Å². The van der Waals surface area contributed by atoms with E-state index >= 15 is 0 Å².